The van der Waals surface area contributed by atoms with Crippen LogP contribution in [-0.2, 0) is 4.79 Å². The molecule has 0 aliphatic rings. The molecule has 12 heavy (non-hydrogen) atoms. The second-order valence-corrected chi connectivity index (χ2v) is 4.42. The van der Waals surface area contributed by atoms with Gasteiger partial charge in [-0.15, -0.1) is 0 Å². The van der Waals surface area contributed by atoms with Crippen LogP contribution in [0, 0.1) is 0 Å². The Morgan fingerprint density at radius 1 is 1.58 bits per heavy atom. The van der Waals surface area contributed by atoms with Gasteiger partial charge in [-0.2, -0.15) is 12.6 Å². The smallest absolute Gasteiger partial charge is 0.322 e. The molecule has 3 N–H and O–H groups in total. The number of aliphatic carboxylic acids is 1. The number of nitrogens with one attached hydrogen (secondary N) is 1. The number of rotatable bonds is 4. The van der Waals surface area contributed by atoms with Gasteiger partial charge in [0.25, 0.3) is 0 Å². The molecule has 0 rings (SSSR count). The van der Waals surface area contributed by atoms with E-state index in [1.807, 2.05) is 0 Å². The lowest BCUT2D eigenvalue weighted by atomic mass is 10.0. The fourth-order valence-corrected chi connectivity index (χ4v) is 1.00. The Morgan fingerprint density at radius 2 is 2.00 bits per heavy atom. The lowest BCUT2D eigenvalue weighted by Crippen LogP contribution is -2.52. The van der Waals surface area contributed by atoms with Crippen LogP contribution in [0.15, 0.2) is 0 Å². The Balaban J connectivity index is 4.35. The highest BCUT2D eigenvalue weighted by Gasteiger charge is 2.32. The molecule has 0 aromatic heterocycles. The number of thiol groups is 1. The summed E-state index contributed by atoms with van der Waals surface area (Å²) in [6.07, 6.45) is -0.850. The molecule has 0 unspecified atom stereocenters. The van der Waals surface area contributed by atoms with E-state index in [-0.39, 0.29) is 0 Å². The monoisotopic (exact) mass is 193 g/mol. The predicted octanol–water partition coefficient (Wildman–Crippen LogP) is 0.0759. The van der Waals surface area contributed by atoms with Crippen molar-refractivity contribution in [1.29, 1.82) is 0 Å². The fraction of sp³-hybridized carbons (Fsp3) is 0.857. The van der Waals surface area contributed by atoms with Crippen LogP contribution in [0.3, 0.4) is 0 Å². The summed E-state index contributed by atoms with van der Waals surface area (Å²) in [5, 5.41) is 20.2. The molecule has 5 heteroatoms. The molecule has 72 valence electrons. The molecule has 0 saturated carbocycles. The molecule has 0 aromatic rings. The van der Waals surface area contributed by atoms with Crippen LogP contribution >= 0.6 is 12.6 Å². The lowest BCUT2D eigenvalue weighted by Gasteiger charge is -2.28. The summed E-state index contributed by atoms with van der Waals surface area (Å²) in [5.74, 6) is -1.02. The van der Waals surface area contributed by atoms with Gasteiger partial charge in [-0.1, -0.05) is 0 Å². The maximum absolute atomic E-state index is 10.7. The Kier molecular flexibility index (Phi) is 4.02. The van der Waals surface area contributed by atoms with Crippen LogP contribution in [0.5, 0.6) is 0 Å². The van der Waals surface area contributed by atoms with Crippen molar-refractivity contribution in [3.05, 3.63) is 0 Å². The topological polar surface area (TPSA) is 69.6 Å². The van der Waals surface area contributed by atoms with E-state index in [0.717, 1.165) is 0 Å². The molecule has 0 amide bonds. The Bertz CT molecular complexity index is 165. The summed E-state index contributed by atoms with van der Waals surface area (Å²) in [6.45, 7) is 4.81. The van der Waals surface area contributed by atoms with Gasteiger partial charge in [-0.25, -0.2) is 0 Å². The van der Waals surface area contributed by atoms with Gasteiger partial charge < -0.3 is 10.2 Å². The number of carbonyl (C=O) groups is 1. The first-order chi connectivity index (χ1) is 5.25. The number of hydrogen-bond acceptors (Lipinski definition) is 4. The molecular formula is C7H15NO3S. The molecule has 0 aromatic carbocycles. The SMILES string of the molecule is C[C@H](O)N[C@@H](C(=O)O)C(C)(C)S. The molecule has 0 saturated heterocycles. The van der Waals surface area contributed by atoms with Crippen molar-refractivity contribution >= 4 is 18.6 Å². The quantitative estimate of drug-likeness (QED) is 0.377. The van der Waals surface area contributed by atoms with Crippen molar-refractivity contribution in [2.45, 2.75) is 37.8 Å². The van der Waals surface area contributed by atoms with Gasteiger partial charge in [0.05, 0.1) is 0 Å². The molecule has 0 radical (unpaired) electrons. The van der Waals surface area contributed by atoms with Crippen molar-refractivity contribution in [3.63, 3.8) is 0 Å². The molecule has 0 aliphatic carbocycles. The highest BCUT2D eigenvalue weighted by atomic mass is 32.1. The summed E-state index contributed by atoms with van der Waals surface area (Å²) < 4.78 is -0.706. The molecule has 0 aliphatic heterocycles. The van der Waals surface area contributed by atoms with Crippen LogP contribution < -0.4 is 5.32 Å². The third kappa shape index (κ3) is 3.94. The average molecular weight is 193 g/mol. The molecule has 0 heterocycles. The van der Waals surface area contributed by atoms with Crippen LogP contribution in [0.2, 0.25) is 0 Å². The maximum Gasteiger partial charge on any atom is 0.322 e. The van der Waals surface area contributed by atoms with E-state index in [1.165, 1.54) is 6.92 Å². The zero-order chi connectivity index (χ0) is 9.94. The Morgan fingerprint density at radius 3 is 2.08 bits per heavy atom. The molecule has 2 atom stereocenters. The minimum atomic E-state index is -1.02. The third-order valence-corrected chi connectivity index (χ3v) is 1.62. The van der Waals surface area contributed by atoms with Gasteiger partial charge in [0.1, 0.15) is 12.3 Å². The first kappa shape index (κ1) is 11.7. The summed E-state index contributed by atoms with van der Waals surface area (Å²) in [6, 6.07) is -0.860. The van der Waals surface area contributed by atoms with E-state index in [0.29, 0.717) is 0 Å². The van der Waals surface area contributed by atoms with E-state index in [9.17, 15) is 4.79 Å². The highest BCUT2D eigenvalue weighted by molar-refractivity contribution is 7.81. The standard InChI is InChI=1S/C7H15NO3S/c1-4(9)8-5(6(10)11)7(2,3)12/h4-5,8-9,12H,1-3H3,(H,10,11)/t4-,5-/m0/s1. The number of carboxylic acids is 1. The minimum absolute atomic E-state index is 0.706. The van der Waals surface area contributed by atoms with E-state index >= 15 is 0 Å². The van der Waals surface area contributed by atoms with Crippen LogP contribution in [0.25, 0.3) is 0 Å². The van der Waals surface area contributed by atoms with Crippen molar-refractivity contribution in [1.82, 2.24) is 5.32 Å². The summed E-state index contributed by atoms with van der Waals surface area (Å²) in [4.78, 5) is 10.7. The number of hydrogen-bond donors (Lipinski definition) is 4. The minimum Gasteiger partial charge on any atom is -0.480 e. The van der Waals surface area contributed by atoms with E-state index in [1.54, 1.807) is 13.8 Å². The molecule has 4 nitrogen and oxygen atoms in total. The van der Waals surface area contributed by atoms with E-state index in [4.69, 9.17) is 10.2 Å². The number of carboxylic acid groups (broad SMARTS) is 1. The zero-order valence-electron chi connectivity index (χ0n) is 7.40. The Hall–Kier alpha value is -0.260. The largest absolute Gasteiger partial charge is 0.480 e. The number of aliphatic hydroxyl groups is 1. The van der Waals surface area contributed by atoms with Crippen LogP contribution in [0.1, 0.15) is 20.8 Å². The van der Waals surface area contributed by atoms with Gasteiger partial charge in [0.15, 0.2) is 0 Å². The van der Waals surface area contributed by atoms with Crippen LogP contribution in [-0.4, -0.2) is 33.2 Å². The fourth-order valence-electron chi connectivity index (χ4n) is 0.819. The van der Waals surface area contributed by atoms with Crippen molar-refractivity contribution < 1.29 is 15.0 Å². The average Bonchev–Trinajstić information content (AvgIpc) is 1.79. The summed E-state index contributed by atoms with van der Waals surface area (Å²) in [5.41, 5.74) is 0. The third-order valence-electron chi connectivity index (χ3n) is 1.36. The van der Waals surface area contributed by atoms with Gasteiger partial charge in [-0.05, 0) is 20.8 Å². The van der Waals surface area contributed by atoms with Gasteiger partial charge in [-0.3, -0.25) is 10.1 Å². The van der Waals surface area contributed by atoms with Gasteiger partial charge in [0, 0.05) is 4.75 Å². The first-order valence-electron chi connectivity index (χ1n) is 3.64. The van der Waals surface area contributed by atoms with Crippen LogP contribution in [0.4, 0.5) is 0 Å². The van der Waals surface area contributed by atoms with E-state index < -0.39 is 23.0 Å². The van der Waals surface area contributed by atoms with Crippen molar-refractivity contribution in [3.8, 4) is 0 Å². The highest BCUT2D eigenvalue weighted by Crippen LogP contribution is 2.17. The molecule has 0 spiro atoms. The Labute approximate surface area is 77.4 Å². The van der Waals surface area contributed by atoms with Gasteiger partial charge in [0.2, 0.25) is 0 Å². The summed E-state index contributed by atoms with van der Waals surface area (Å²) in [7, 11) is 0. The molecular weight excluding hydrogens is 178 g/mol. The van der Waals surface area contributed by atoms with Crippen molar-refractivity contribution in [2.75, 3.05) is 0 Å². The maximum atomic E-state index is 10.7. The molecule has 0 fully saturated rings. The predicted molar refractivity (Wildman–Crippen MR) is 49.3 cm³/mol. The number of aliphatic hydroxyl groups excluding tert-OH is 1. The first-order valence-corrected chi connectivity index (χ1v) is 4.09. The molecule has 0 bridgehead atoms. The van der Waals surface area contributed by atoms with Gasteiger partial charge >= 0.3 is 5.97 Å². The van der Waals surface area contributed by atoms with Crippen molar-refractivity contribution in [2.24, 2.45) is 0 Å². The lowest BCUT2D eigenvalue weighted by molar-refractivity contribution is -0.141. The second kappa shape index (κ2) is 4.11. The van der Waals surface area contributed by atoms with E-state index in [2.05, 4.69) is 17.9 Å². The normalized spacial score (nSPS) is 17.1. The summed E-state index contributed by atoms with van der Waals surface area (Å²) >= 11 is 4.11. The second-order valence-electron chi connectivity index (χ2n) is 3.27. The zero-order valence-corrected chi connectivity index (χ0v) is 8.30.